The molecule has 0 fully saturated rings. The van der Waals surface area contributed by atoms with E-state index in [1.165, 1.54) is 27.6 Å². The van der Waals surface area contributed by atoms with Crippen LogP contribution in [0.15, 0.2) is 73.8 Å². The van der Waals surface area contributed by atoms with Crippen LogP contribution < -0.4 is 9.88 Å². The Balaban J connectivity index is 0.000000154. The van der Waals surface area contributed by atoms with Crippen LogP contribution in [0.25, 0.3) is 0 Å². The number of benzene rings is 3. The monoisotopic (exact) mass is 817 g/mol. The van der Waals surface area contributed by atoms with Crippen LogP contribution >= 0.6 is 69.6 Å². The lowest BCUT2D eigenvalue weighted by Gasteiger charge is -2.29. The van der Waals surface area contributed by atoms with E-state index < -0.39 is 0 Å². The van der Waals surface area contributed by atoms with E-state index >= 15 is 0 Å². The van der Waals surface area contributed by atoms with Crippen molar-refractivity contribution in [1.82, 2.24) is 29.2 Å². The molecule has 16 heteroatoms. The van der Waals surface area contributed by atoms with Gasteiger partial charge >= 0.3 is 12.1 Å². The third-order valence-electron chi connectivity index (χ3n) is 8.89. The zero-order valence-corrected chi connectivity index (χ0v) is 32.7. The lowest BCUT2D eigenvalue weighted by atomic mass is 10.00. The van der Waals surface area contributed by atoms with E-state index in [2.05, 4.69) is 10.3 Å². The van der Waals surface area contributed by atoms with Crippen LogP contribution in [0.3, 0.4) is 0 Å². The van der Waals surface area contributed by atoms with Gasteiger partial charge in [-0.2, -0.15) is 4.57 Å². The summed E-state index contributed by atoms with van der Waals surface area (Å²) in [5.74, 6) is 0. The van der Waals surface area contributed by atoms with Crippen LogP contribution in [0, 0.1) is 0 Å². The predicted octanol–water partition coefficient (Wildman–Crippen LogP) is 8.12. The van der Waals surface area contributed by atoms with Crippen molar-refractivity contribution in [1.29, 1.82) is 0 Å². The second-order valence-electron chi connectivity index (χ2n) is 12.4. The van der Waals surface area contributed by atoms with Gasteiger partial charge < -0.3 is 10.2 Å². The minimum atomic E-state index is -0.0748. The minimum Gasteiger partial charge on any atom is -0.319 e. The number of aryl methyl sites for hydroxylation is 1. The number of amides is 2. The molecule has 0 saturated heterocycles. The first-order chi connectivity index (χ1) is 24.5. The molecule has 0 unspecified atom stereocenters. The van der Waals surface area contributed by atoms with E-state index in [0.29, 0.717) is 56.3 Å². The van der Waals surface area contributed by atoms with Crippen LogP contribution in [-0.2, 0) is 45.9 Å². The molecule has 3 radical (unpaired) electrons. The predicted molar refractivity (Wildman–Crippen MR) is 208 cm³/mol. The number of halogens is 6. The first-order valence-electron chi connectivity index (χ1n) is 16.2. The quantitative estimate of drug-likeness (QED) is 0.127. The number of fused-ring (bicyclic) bond motifs is 3. The number of hydrogen-bond acceptors (Lipinski definition) is 4. The third kappa shape index (κ3) is 9.47. The standard InChI is InChI=1S/C14H14Cl2N3O.C13H11Cl2N3O.C9H9Cl2N.B/c1-17-4-5-19(9-17)14(20)18-3-2-10-6-12(15)13(16)7-11(10)8-18;14-11-5-9-1-3-17(7-10(9)6-12(11)15)13(19)18-4-2-16-8-18;10-8-3-6-1-2-12-5-7(6)4-9(8)11;/h4-7,9H,2-3,8H2,1H3;2,4-6,8H,1,3,7H2;3-4,12H,1-2,5H2;/q+1;;;. The Kier molecular flexibility index (Phi) is 13.6. The van der Waals surface area contributed by atoms with E-state index in [9.17, 15) is 9.59 Å². The summed E-state index contributed by atoms with van der Waals surface area (Å²) in [5.41, 5.74) is 7.04. The zero-order valence-electron chi connectivity index (χ0n) is 28.1. The first kappa shape index (κ1) is 40.0. The van der Waals surface area contributed by atoms with Crippen LogP contribution in [0.5, 0.6) is 0 Å². The molecular weight excluding hydrogens is 786 g/mol. The van der Waals surface area contributed by atoms with Crippen molar-refractivity contribution in [3.8, 4) is 0 Å². The van der Waals surface area contributed by atoms with Gasteiger partial charge in [0, 0.05) is 53.5 Å². The van der Waals surface area contributed by atoms with E-state index in [-0.39, 0.29) is 20.5 Å². The lowest BCUT2D eigenvalue weighted by Crippen LogP contribution is -2.39. The normalized spacial score (nSPS) is 14.4. The van der Waals surface area contributed by atoms with Crippen LogP contribution in [-0.4, -0.2) is 64.0 Å². The number of aromatic nitrogens is 4. The van der Waals surface area contributed by atoms with Gasteiger partial charge in [-0.1, -0.05) is 69.6 Å². The fraction of sp³-hybridized carbons (Fsp3) is 0.278. The summed E-state index contributed by atoms with van der Waals surface area (Å²) in [7, 11) is 1.89. The topological polar surface area (TPSA) is 79.3 Å². The fourth-order valence-corrected chi connectivity index (χ4v) is 7.28. The molecule has 9 nitrogen and oxygen atoms in total. The summed E-state index contributed by atoms with van der Waals surface area (Å²) in [6, 6.07) is 11.3. The van der Waals surface area contributed by atoms with Gasteiger partial charge in [-0.15, -0.1) is 0 Å². The minimum absolute atomic E-state index is 0. The summed E-state index contributed by atoms with van der Waals surface area (Å²) in [6.07, 6.45) is 12.7. The van der Waals surface area contributed by atoms with Crippen LogP contribution in [0.4, 0.5) is 9.59 Å². The van der Waals surface area contributed by atoms with Crippen molar-refractivity contribution in [3.63, 3.8) is 0 Å². The highest BCUT2D eigenvalue weighted by Crippen LogP contribution is 2.31. The van der Waals surface area contributed by atoms with E-state index in [1.54, 1.807) is 34.4 Å². The largest absolute Gasteiger partial charge is 0.416 e. The van der Waals surface area contributed by atoms with Crippen molar-refractivity contribution in [2.75, 3.05) is 19.6 Å². The summed E-state index contributed by atoms with van der Waals surface area (Å²) in [6.45, 7) is 4.40. The molecular formula is C36H34BCl6N7O2+. The highest BCUT2D eigenvalue weighted by atomic mass is 35.5. The van der Waals surface area contributed by atoms with Gasteiger partial charge in [-0.25, -0.2) is 19.1 Å². The maximum absolute atomic E-state index is 12.4. The van der Waals surface area contributed by atoms with Gasteiger partial charge in [-0.05, 0) is 95.6 Å². The first-order valence-corrected chi connectivity index (χ1v) is 18.4. The molecule has 2 amide bonds. The smallest absolute Gasteiger partial charge is 0.319 e. The Morgan fingerprint density at radius 1 is 0.654 bits per heavy atom. The van der Waals surface area contributed by atoms with Gasteiger partial charge in [-0.3, -0.25) is 9.47 Å². The number of nitrogens with one attached hydrogen (secondary N) is 1. The van der Waals surface area contributed by atoms with E-state index in [0.717, 1.165) is 49.0 Å². The summed E-state index contributed by atoms with van der Waals surface area (Å²) in [5, 5.41) is 6.80. The Morgan fingerprint density at radius 2 is 1.12 bits per heavy atom. The molecule has 0 aliphatic carbocycles. The molecule has 5 heterocycles. The van der Waals surface area contributed by atoms with Crippen molar-refractivity contribution in [2.24, 2.45) is 7.05 Å². The lowest BCUT2D eigenvalue weighted by molar-refractivity contribution is -0.670. The van der Waals surface area contributed by atoms with Gasteiger partial charge in [0.15, 0.2) is 0 Å². The third-order valence-corrected chi connectivity index (χ3v) is 11.1. The average Bonchev–Trinajstić information content (AvgIpc) is 3.82. The molecule has 5 aromatic rings. The fourth-order valence-electron chi connectivity index (χ4n) is 6.16. The number of imidazole rings is 2. The molecule has 3 aliphatic rings. The zero-order chi connectivity index (χ0) is 36.2. The average molecular weight is 820 g/mol. The Hall–Kier alpha value is -3.22. The molecule has 1 N–H and O–H groups in total. The molecule has 0 spiro atoms. The number of hydrogen-bond donors (Lipinski definition) is 1. The summed E-state index contributed by atoms with van der Waals surface area (Å²) in [4.78, 5) is 32.1. The van der Waals surface area contributed by atoms with Gasteiger partial charge in [0.05, 0.1) is 37.2 Å². The molecule has 0 bridgehead atoms. The van der Waals surface area contributed by atoms with Crippen molar-refractivity contribution < 1.29 is 14.2 Å². The van der Waals surface area contributed by atoms with Crippen LogP contribution in [0.2, 0.25) is 30.1 Å². The van der Waals surface area contributed by atoms with Gasteiger partial charge in [0.2, 0.25) is 0 Å². The summed E-state index contributed by atoms with van der Waals surface area (Å²) >= 11 is 35.9. The maximum Gasteiger partial charge on any atom is 0.416 e. The molecule has 0 atom stereocenters. The number of rotatable bonds is 0. The van der Waals surface area contributed by atoms with Crippen molar-refractivity contribution in [2.45, 2.75) is 38.9 Å². The van der Waals surface area contributed by atoms with E-state index in [1.807, 2.05) is 59.1 Å². The maximum atomic E-state index is 12.4. The van der Waals surface area contributed by atoms with Crippen LogP contribution in [0.1, 0.15) is 33.4 Å². The van der Waals surface area contributed by atoms with Crippen molar-refractivity contribution in [3.05, 3.63) is 137 Å². The Morgan fingerprint density at radius 3 is 1.58 bits per heavy atom. The Bertz CT molecular complexity index is 2040. The molecule has 2 aromatic heterocycles. The second-order valence-corrected chi connectivity index (χ2v) is 14.8. The SMILES string of the molecule is C[n+]1ccn(C(=O)N2CCc3cc(Cl)c(Cl)cc3C2)c1.Clc1cc2c(cc1Cl)CNCC2.O=C(N1CCc2cc(Cl)c(Cl)cc2C1)n1ccnc1.[B]. The molecule has 269 valence electrons. The second kappa shape index (κ2) is 17.7. The highest BCUT2D eigenvalue weighted by molar-refractivity contribution is 6.43. The molecule has 0 saturated carbocycles. The van der Waals surface area contributed by atoms with E-state index in [4.69, 9.17) is 69.6 Å². The number of carbonyl (C=O) groups excluding carboxylic acids is 2. The van der Waals surface area contributed by atoms with Crippen molar-refractivity contribution >= 4 is 90.1 Å². The molecule has 52 heavy (non-hydrogen) atoms. The van der Waals surface area contributed by atoms with Gasteiger partial charge in [0.1, 0.15) is 18.7 Å². The number of nitrogens with zero attached hydrogens (tertiary/aromatic N) is 6. The Labute approximate surface area is 334 Å². The van der Waals surface area contributed by atoms with Gasteiger partial charge in [0.25, 0.3) is 6.33 Å². The molecule has 3 aliphatic heterocycles. The number of carbonyl (C=O) groups is 2. The molecule has 8 rings (SSSR count). The highest BCUT2D eigenvalue weighted by Gasteiger charge is 2.26. The molecule has 3 aromatic carbocycles. The summed E-state index contributed by atoms with van der Waals surface area (Å²) < 4.78 is 4.90.